The molecule has 0 N–H and O–H groups in total. The highest BCUT2D eigenvalue weighted by atomic mass is 19.3. The van der Waals surface area contributed by atoms with Crippen LogP contribution in [0.2, 0.25) is 0 Å². The van der Waals surface area contributed by atoms with Crippen LogP contribution < -0.4 is 14.9 Å². The average Bonchev–Trinajstić information content (AvgIpc) is 2.87. The Labute approximate surface area is 179 Å². The quantitative estimate of drug-likeness (QED) is 0.508. The van der Waals surface area contributed by atoms with E-state index in [0.29, 0.717) is 18.7 Å². The fourth-order valence-electron chi connectivity index (χ4n) is 2.84. The summed E-state index contributed by atoms with van der Waals surface area (Å²) in [5, 5.41) is 9.05. The number of nitrogens with zero attached hydrogens (tertiary/aromatic N) is 2. The van der Waals surface area contributed by atoms with Crippen molar-refractivity contribution in [1.82, 2.24) is 4.98 Å². The molecule has 1 aromatic carbocycles. The molecule has 162 valence electrons. The van der Waals surface area contributed by atoms with E-state index in [-0.39, 0.29) is 22.8 Å². The lowest BCUT2D eigenvalue weighted by Crippen LogP contribution is -2.41. The molecule has 31 heavy (non-hydrogen) atoms. The highest BCUT2D eigenvalue weighted by molar-refractivity contribution is 6.63. The van der Waals surface area contributed by atoms with Crippen molar-refractivity contribution < 1.29 is 32.4 Å². The Morgan fingerprint density at radius 1 is 1.16 bits per heavy atom. The van der Waals surface area contributed by atoms with Crippen LogP contribution in [-0.2, 0) is 9.31 Å². The van der Waals surface area contributed by atoms with Crippen LogP contribution in [0.1, 0.15) is 50.5 Å². The Kier molecular flexibility index (Phi) is 5.78. The maximum absolute atomic E-state index is 13.2. The molecule has 2 heterocycles. The van der Waals surface area contributed by atoms with Gasteiger partial charge in [-0.1, -0.05) is 6.07 Å². The van der Waals surface area contributed by atoms with Gasteiger partial charge >= 0.3 is 13.2 Å². The van der Waals surface area contributed by atoms with E-state index in [4.69, 9.17) is 19.3 Å². The van der Waals surface area contributed by atoms with E-state index < -0.39 is 30.3 Å². The van der Waals surface area contributed by atoms with Crippen molar-refractivity contribution in [3.05, 3.63) is 41.5 Å². The van der Waals surface area contributed by atoms with E-state index >= 15 is 0 Å². The van der Waals surface area contributed by atoms with Gasteiger partial charge in [0.1, 0.15) is 23.7 Å². The third-order valence-electron chi connectivity index (χ3n) is 5.15. The van der Waals surface area contributed by atoms with Crippen LogP contribution in [0, 0.1) is 11.3 Å². The number of hydrogen-bond donors (Lipinski definition) is 0. The van der Waals surface area contributed by atoms with Gasteiger partial charge in [0.25, 0.3) is 0 Å². The summed E-state index contributed by atoms with van der Waals surface area (Å²) in [4.78, 5) is 15.5. The van der Waals surface area contributed by atoms with E-state index in [0.717, 1.165) is 0 Å². The van der Waals surface area contributed by atoms with Crippen molar-refractivity contribution in [2.24, 2.45) is 0 Å². The number of rotatable bonds is 6. The minimum Gasteiger partial charge on any atom is -0.439 e. The summed E-state index contributed by atoms with van der Waals surface area (Å²) in [5.74, 6) is -0.413. The fraction of sp³-hybridized carbons (Fsp3) is 0.381. The van der Waals surface area contributed by atoms with E-state index in [9.17, 15) is 13.6 Å². The molecule has 0 bridgehead atoms. The third-order valence-corrected chi connectivity index (χ3v) is 5.15. The number of aldehydes is 1. The fourth-order valence-corrected chi connectivity index (χ4v) is 2.84. The number of ether oxygens (including phenoxy) is 2. The molecule has 1 saturated heterocycles. The molecular weight excluding hydrogens is 409 g/mol. The topological polar surface area (TPSA) is 90.7 Å². The van der Waals surface area contributed by atoms with Crippen molar-refractivity contribution in [1.29, 1.82) is 5.26 Å². The predicted molar refractivity (Wildman–Crippen MR) is 108 cm³/mol. The van der Waals surface area contributed by atoms with Gasteiger partial charge in [-0.3, -0.25) is 4.79 Å². The SMILES string of the molecule is CC(F)(F)Oc1nc(Oc2ccc(B3OC(C)(C)C(C)(C)O3)c(C=O)c2)ccc1C#N. The van der Waals surface area contributed by atoms with Crippen molar-refractivity contribution in [3.63, 3.8) is 0 Å². The van der Waals surface area contributed by atoms with Gasteiger partial charge in [-0.05, 0) is 51.4 Å². The monoisotopic (exact) mass is 430 g/mol. The standard InChI is InChI=1S/C21H21BF2N2O5/c1-19(2)20(3,4)31-22(30-19)16-8-7-15(10-14(16)12-27)28-17-9-6-13(11-25)18(26-17)29-21(5,23)24/h6-10,12H,1-5H3. The molecule has 0 radical (unpaired) electrons. The Bertz CT molecular complexity index is 1030. The predicted octanol–water partition coefficient (Wildman–Crippen LogP) is 3.85. The first-order valence-electron chi connectivity index (χ1n) is 9.46. The number of nitriles is 1. The molecule has 0 amide bonds. The molecule has 10 heteroatoms. The molecule has 2 aromatic rings. The van der Waals surface area contributed by atoms with Gasteiger partial charge in [0, 0.05) is 18.6 Å². The lowest BCUT2D eigenvalue weighted by atomic mass is 9.76. The molecule has 1 aromatic heterocycles. The lowest BCUT2D eigenvalue weighted by molar-refractivity contribution is -0.161. The zero-order chi connectivity index (χ0) is 23.0. The maximum atomic E-state index is 13.2. The number of carbonyl (C=O) groups is 1. The highest BCUT2D eigenvalue weighted by Gasteiger charge is 2.52. The molecule has 0 spiro atoms. The maximum Gasteiger partial charge on any atom is 0.495 e. The van der Waals surface area contributed by atoms with Crippen LogP contribution in [0.15, 0.2) is 30.3 Å². The second-order valence-corrected chi connectivity index (χ2v) is 8.12. The Hall–Kier alpha value is -3.03. The average molecular weight is 430 g/mol. The Morgan fingerprint density at radius 2 is 1.81 bits per heavy atom. The Morgan fingerprint density at radius 3 is 2.35 bits per heavy atom. The van der Waals surface area contributed by atoms with Crippen molar-refractivity contribution in [2.45, 2.75) is 51.9 Å². The summed E-state index contributed by atoms with van der Waals surface area (Å²) in [6.45, 7) is 8.15. The van der Waals surface area contributed by atoms with Crippen LogP contribution in [0.5, 0.6) is 17.5 Å². The van der Waals surface area contributed by atoms with Gasteiger partial charge in [-0.15, -0.1) is 0 Å². The molecule has 1 fully saturated rings. The smallest absolute Gasteiger partial charge is 0.439 e. The van der Waals surface area contributed by atoms with Crippen LogP contribution in [-0.4, -0.2) is 35.7 Å². The molecule has 7 nitrogen and oxygen atoms in total. The number of hydrogen-bond acceptors (Lipinski definition) is 7. The van der Waals surface area contributed by atoms with Crippen molar-refractivity contribution >= 4 is 18.9 Å². The minimum atomic E-state index is -3.52. The van der Waals surface area contributed by atoms with Gasteiger partial charge in [-0.25, -0.2) is 0 Å². The molecule has 0 aliphatic carbocycles. The zero-order valence-corrected chi connectivity index (χ0v) is 17.7. The number of aromatic nitrogens is 1. The first-order valence-corrected chi connectivity index (χ1v) is 9.46. The van der Waals surface area contributed by atoms with Gasteiger partial charge < -0.3 is 18.8 Å². The zero-order valence-electron chi connectivity index (χ0n) is 17.7. The van der Waals surface area contributed by atoms with E-state index in [1.165, 1.54) is 18.2 Å². The van der Waals surface area contributed by atoms with Crippen LogP contribution in [0.3, 0.4) is 0 Å². The van der Waals surface area contributed by atoms with E-state index in [1.54, 1.807) is 18.2 Å². The largest absolute Gasteiger partial charge is 0.495 e. The molecule has 1 aliphatic heterocycles. The van der Waals surface area contributed by atoms with Gasteiger partial charge in [0.2, 0.25) is 11.8 Å². The summed E-state index contributed by atoms with van der Waals surface area (Å²) in [5.41, 5.74) is -0.503. The summed E-state index contributed by atoms with van der Waals surface area (Å²) >= 11 is 0. The van der Waals surface area contributed by atoms with E-state index in [2.05, 4.69) is 9.72 Å². The van der Waals surface area contributed by atoms with E-state index in [1.807, 2.05) is 27.7 Å². The minimum absolute atomic E-state index is 0.0847. The van der Waals surface area contributed by atoms with Gasteiger partial charge in [-0.2, -0.15) is 19.0 Å². The number of pyridine rings is 1. The van der Waals surface area contributed by atoms with Crippen LogP contribution >= 0.6 is 0 Å². The first-order chi connectivity index (χ1) is 14.3. The molecule has 0 unspecified atom stereocenters. The first kappa shape index (κ1) is 22.7. The second kappa shape index (κ2) is 7.91. The molecule has 0 atom stereocenters. The molecular formula is C21H21BF2N2O5. The second-order valence-electron chi connectivity index (χ2n) is 8.12. The van der Waals surface area contributed by atoms with Crippen molar-refractivity contribution in [3.8, 4) is 23.6 Å². The number of halogens is 2. The van der Waals surface area contributed by atoms with Crippen LogP contribution in [0.4, 0.5) is 8.78 Å². The van der Waals surface area contributed by atoms with Gasteiger partial charge in [0.15, 0.2) is 0 Å². The number of alkyl halides is 2. The molecule has 3 rings (SSSR count). The van der Waals surface area contributed by atoms with Gasteiger partial charge in [0.05, 0.1) is 11.2 Å². The summed E-state index contributed by atoms with van der Waals surface area (Å²) in [6.07, 6.45) is -2.88. The summed E-state index contributed by atoms with van der Waals surface area (Å²) < 4.78 is 48.4. The number of carbonyl (C=O) groups excluding carboxylic acids is 1. The van der Waals surface area contributed by atoms with Crippen LogP contribution in [0.25, 0.3) is 0 Å². The normalized spacial score (nSPS) is 17.2. The molecule has 1 aliphatic rings. The van der Waals surface area contributed by atoms with Crippen molar-refractivity contribution in [2.75, 3.05) is 0 Å². The highest BCUT2D eigenvalue weighted by Crippen LogP contribution is 2.37. The molecule has 0 saturated carbocycles. The summed E-state index contributed by atoms with van der Waals surface area (Å²) in [6, 6.07) is 8.98. The lowest BCUT2D eigenvalue weighted by Gasteiger charge is -2.32. The Balaban J connectivity index is 1.87. The number of benzene rings is 1. The third kappa shape index (κ3) is 4.84. The summed E-state index contributed by atoms with van der Waals surface area (Å²) in [7, 11) is -0.737.